The van der Waals surface area contributed by atoms with Gasteiger partial charge in [0.1, 0.15) is 0 Å². The van der Waals surface area contributed by atoms with Crippen molar-refractivity contribution in [3.8, 4) is 0 Å². The first-order chi connectivity index (χ1) is 4.23. The third-order valence-electron chi connectivity index (χ3n) is 0.655. The Labute approximate surface area is 82.9 Å². The van der Waals surface area contributed by atoms with Crippen molar-refractivity contribution in [3.05, 3.63) is 24.3 Å². The summed E-state index contributed by atoms with van der Waals surface area (Å²) < 4.78 is 0. The molecule has 0 unspecified atom stereocenters. The molecular weight excluding hydrogens is 201 g/mol. The number of allylic oxidation sites excluding steroid dienone is 4. The van der Waals surface area contributed by atoms with E-state index in [0.29, 0.717) is 0 Å². The van der Waals surface area contributed by atoms with E-state index in [2.05, 4.69) is 24.3 Å². The molecule has 0 aromatic rings. The minimum atomic E-state index is 0. The van der Waals surface area contributed by atoms with E-state index >= 15 is 0 Å². The van der Waals surface area contributed by atoms with Gasteiger partial charge in [-0.15, -0.1) is 0 Å². The molecule has 0 amide bonds. The fourth-order valence-corrected chi connectivity index (χ4v) is 0.393. The van der Waals surface area contributed by atoms with E-state index in [-0.39, 0.29) is 26.2 Å². The average Bonchev–Trinajstić information content (AvgIpc) is 2.11. The zero-order valence-corrected chi connectivity index (χ0v) is 9.42. The Hall–Kier alpha value is 0.323. The normalized spacial score (nSPS) is 12.4. The molecule has 0 N–H and O–H groups in total. The van der Waals surface area contributed by atoms with Crippen LogP contribution in [0, 0.1) is 0 Å². The Morgan fingerprint density at radius 1 is 1.00 bits per heavy atom. The van der Waals surface area contributed by atoms with E-state index in [9.17, 15) is 0 Å². The minimum absolute atomic E-state index is 0. The molecule has 2 heteroatoms. The molecule has 0 heterocycles. The monoisotopic (exact) mass is 215 g/mol. The summed E-state index contributed by atoms with van der Waals surface area (Å²) in [6.07, 6.45) is 9.50. The molecule has 0 bridgehead atoms. The Kier molecular flexibility index (Phi) is 12.1. The molecule has 1 nitrogen and oxygen atoms in total. The first-order valence-electron chi connectivity index (χ1n) is 3.16. The topological polar surface area (TPSA) is 3.24 Å². The summed E-state index contributed by atoms with van der Waals surface area (Å²) in [5.74, 6) is 0. The van der Waals surface area contributed by atoms with Gasteiger partial charge in [-0.25, -0.2) is 0 Å². The first-order valence-corrected chi connectivity index (χ1v) is 3.16. The van der Waals surface area contributed by atoms with Gasteiger partial charge in [-0.2, -0.15) is 0 Å². The van der Waals surface area contributed by atoms with Crippen LogP contribution in [0.5, 0.6) is 0 Å². The van der Waals surface area contributed by atoms with Crippen molar-refractivity contribution in [1.29, 1.82) is 0 Å². The second kappa shape index (κ2) is 9.32. The molecule has 1 aliphatic rings. The van der Waals surface area contributed by atoms with Crippen LogP contribution in [-0.4, -0.2) is 26.0 Å². The van der Waals surface area contributed by atoms with Gasteiger partial charge in [-0.1, -0.05) is 24.3 Å². The molecule has 0 saturated carbocycles. The van der Waals surface area contributed by atoms with Crippen molar-refractivity contribution in [1.82, 2.24) is 4.90 Å². The standard InChI is InChI=1S/C5H6.C3H9N.Zr/c1-2-4-5-3-1;1-4(2)3;/h1-4H,5H2;1-3H3;. The third-order valence-corrected chi connectivity index (χ3v) is 0.655. The summed E-state index contributed by atoms with van der Waals surface area (Å²) in [5, 5.41) is 0. The molecule has 0 saturated heterocycles. The maximum Gasteiger partial charge on any atom is 0 e. The van der Waals surface area contributed by atoms with Crippen LogP contribution in [0.3, 0.4) is 0 Å². The molecule has 0 radical (unpaired) electrons. The summed E-state index contributed by atoms with van der Waals surface area (Å²) in [7, 11) is 6.00. The number of hydrogen-bond donors (Lipinski definition) is 0. The van der Waals surface area contributed by atoms with Crippen LogP contribution in [-0.2, 0) is 26.2 Å². The van der Waals surface area contributed by atoms with Gasteiger partial charge in [0.15, 0.2) is 0 Å². The zero-order chi connectivity index (χ0) is 7.11. The predicted molar refractivity (Wildman–Crippen MR) is 42.5 cm³/mol. The van der Waals surface area contributed by atoms with Crippen LogP contribution < -0.4 is 0 Å². The second-order valence-electron chi connectivity index (χ2n) is 2.43. The number of nitrogens with zero attached hydrogens (tertiary/aromatic N) is 1. The van der Waals surface area contributed by atoms with Crippen LogP contribution in [0.25, 0.3) is 0 Å². The van der Waals surface area contributed by atoms with Gasteiger partial charge < -0.3 is 4.90 Å². The van der Waals surface area contributed by atoms with Crippen molar-refractivity contribution >= 4 is 0 Å². The largest absolute Gasteiger partial charge is 0.312 e. The van der Waals surface area contributed by atoms with Gasteiger partial charge in [0, 0.05) is 26.2 Å². The van der Waals surface area contributed by atoms with Crippen LogP contribution in [0.15, 0.2) is 24.3 Å². The van der Waals surface area contributed by atoms with Gasteiger partial charge in [-0.3, -0.25) is 0 Å². The molecule has 0 aliphatic heterocycles. The van der Waals surface area contributed by atoms with Crippen LogP contribution >= 0.6 is 0 Å². The molecule has 1 aliphatic carbocycles. The van der Waals surface area contributed by atoms with Gasteiger partial charge >= 0.3 is 0 Å². The predicted octanol–water partition coefficient (Wildman–Crippen LogP) is 1.68. The molecule has 0 atom stereocenters. The number of rotatable bonds is 0. The summed E-state index contributed by atoms with van der Waals surface area (Å²) in [6.45, 7) is 0. The zero-order valence-electron chi connectivity index (χ0n) is 6.96. The molecule has 1 rings (SSSR count). The number of hydrogen-bond acceptors (Lipinski definition) is 1. The van der Waals surface area contributed by atoms with Gasteiger partial charge in [-0.05, 0) is 27.6 Å². The van der Waals surface area contributed by atoms with Crippen molar-refractivity contribution in [3.63, 3.8) is 0 Å². The van der Waals surface area contributed by atoms with Gasteiger partial charge in [0.25, 0.3) is 0 Å². The van der Waals surface area contributed by atoms with Crippen LogP contribution in [0.2, 0.25) is 0 Å². The van der Waals surface area contributed by atoms with Crippen LogP contribution in [0.1, 0.15) is 6.42 Å². The maximum atomic E-state index is 2.12. The van der Waals surface area contributed by atoms with E-state index in [1.807, 2.05) is 26.0 Å². The molecule has 0 fully saturated rings. The molecule has 10 heavy (non-hydrogen) atoms. The third kappa shape index (κ3) is 15.8. The first kappa shape index (κ1) is 13.0. The maximum absolute atomic E-state index is 2.12. The van der Waals surface area contributed by atoms with E-state index in [1.54, 1.807) is 0 Å². The molecule has 0 aromatic heterocycles. The second-order valence-corrected chi connectivity index (χ2v) is 2.43. The molecule has 56 valence electrons. The summed E-state index contributed by atoms with van der Waals surface area (Å²) >= 11 is 0. The quantitative estimate of drug-likeness (QED) is 0.595. The summed E-state index contributed by atoms with van der Waals surface area (Å²) in [5.41, 5.74) is 0. The fourth-order valence-electron chi connectivity index (χ4n) is 0.393. The van der Waals surface area contributed by atoms with E-state index in [4.69, 9.17) is 0 Å². The Morgan fingerprint density at radius 2 is 1.30 bits per heavy atom. The SMILES string of the molecule is C1=CCC=C1.CN(C)C.[Zr]. The van der Waals surface area contributed by atoms with Gasteiger partial charge in [0.05, 0.1) is 0 Å². The average molecular weight is 216 g/mol. The van der Waals surface area contributed by atoms with Crippen molar-refractivity contribution in [2.75, 3.05) is 21.1 Å². The minimum Gasteiger partial charge on any atom is -0.312 e. The van der Waals surface area contributed by atoms with Crippen molar-refractivity contribution in [2.45, 2.75) is 6.42 Å². The fraction of sp³-hybridized carbons (Fsp3) is 0.500. The van der Waals surface area contributed by atoms with Gasteiger partial charge in [0.2, 0.25) is 0 Å². The smallest absolute Gasteiger partial charge is 0 e. The Bertz CT molecular complexity index is 93.1. The van der Waals surface area contributed by atoms with E-state index < -0.39 is 0 Å². The Balaban J connectivity index is 0. The van der Waals surface area contributed by atoms with E-state index in [1.165, 1.54) is 0 Å². The summed E-state index contributed by atoms with van der Waals surface area (Å²) in [4.78, 5) is 2.00. The van der Waals surface area contributed by atoms with Crippen LogP contribution in [0.4, 0.5) is 0 Å². The molecule has 0 aromatic carbocycles. The molecule has 0 spiro atoms. The van der Waals surface area contributed by atoms with Crippen molar-refractivity contribution in [2.24, 2.45) is 0 Å². The summed E-state index contributed by atoms with van der Waals surface area (Å²) in [6, 6.07) is 0. The molecular formula is C8H15NZr. The van der Waals surface area contributed by atoms with Crippen molar-refractivity contribution < 1.29 is 26.2 Å². The van der Waals surface area contributed by atoms with E-state index in [0.717, 1.165) is 6.42 Å². The Morgan fingerprint density at radius 3 is 1.40 bits per heavy atom.